The molecule has 0 aliphatic carbocycles. The summed E-state index contributed by atoms with van der Waals surface area (Å²) < 4.78 is 0. The third-order valence-corrected chi connectivity index (χ3v) is 5.20. The van der Waals surface area contributed by atoms with Crippen molar-refractivity contribution in [3.8, 4) is 0 Å². The number of carbonyl (C=O) groups excluding carboxylic acids is 1. The maximum absolute atomic E-state index is 12.6. The highest BCUT2D eigenvalue weighted by Gasteiger charge is 2.17. The highest BCUT2D eigenvalue weighted by atomic mass is 32.2. The first-order valence-corrected chi connectivity index (χ1v) is 8.93. The second kappa shape index (κ2) is 8.19. The lowest BCUT2D eigenvalue weighted by Crippen LogP contribution is -2.06. The van der Waals surface area contributed by atoms with E-state index >= 15 is 0 Å². The van der Waals surface area contributed by atoms with Crippen LogP contribution in [-0.4, -0.2) is 11.5 Å². The van der Waals surface area contributed by atoms with Gasteiger partial charge in [-0.1, -0.05) is 66.6 Å². The molecular weight excluding hydrogens is 288 g/mol. The summed E-state index contributed by atoms with van der Waals surface area (Å²) in [4.78, 5) is 12.6. The summed E-state index contributed by atoms with van der Waals surface area (Å²) in [7, 11) is 0. The van der Waals surface area contributed by atoms with Gasteiger partial charge in [0, 0.05) is 17.2 Å². The molecule has 0 saturated carbocycles. The van der Waals surface area contributed by atoms with Gasteiger partial charge in [0.05, 0.1) is 0 Å². The number of rotatable bonds is 7. The van der Waals surface area contributed by atoms with Gasteiger partial charge in [-0.15, -0.1) is 0 Å². The third kappa shape index (κ3) is 4.74. The molecule has 1 atom stereocenters. The van der Waals surface area contributed by atoms with Crippen LogP contribution >= 0.6 is 11.8 Å². The van der Waals surface area contributed by atoms with Crippen molar-refractivity contribution in [2.75, 3.05) is 5.75 Å². The Bertz CT molecular complexity index is 599. The van der Waals surface area contributed by atoms with Crippen LogP contribution in [0, 0.1) is 13.8 Å². The maximum Gasteiger partial charge on any atom is 0.164 e. The van der Waals surface area contributed by atoms with Gasteiger partial charge in [-0.05, 0) is 31.6 Å². The molecule has 2 rings (SSSR count). The van der Waals surface area contributed by atoms with E-state index < -0.39 is 0 Å². The van der Waals surface area contributed by atoms with Crippen LogP contribution in [0.25, 0.3) is 0 Å². The second-order valence-corrected chi connectivity index (χ2v) is 7.07. The topological polar surface area (TPSA) is 17.1 Å². The lowest BCUT2D eigenvalue weighted by Gasteiger charge is -2.16. The van der Waals surface area contributed by atoms with Gasteiger partial charge >= 0.3 is 0 Å². The van der Waals surface area contributed by atoms with Crippen LogP contribution in [0.1, 0.15) is 52.1 Å². The van der Waals surface area contributed by atoms with Gasteiger partial charge in [-0.25, -0.2) is 0 Å². The molecule has 0 amide bonds. The quantitative estimate of drug-likeness (QED) is 0.604. The summed E-state index contributed by atoms with van der Waals surface area (Å²) in [6.45, 7) is 6.32. The van der Waals surface area contributed by atoms with Crippen LogP contribution in [-0.2, 0) is 0 Å². The number of carbonyl (C=O) groups is 1. The number of Topliss-reactive ketones (excluding diaryl/α,β-unsaturated/α-hetero) is 1. The fourth-order valence-electron chi connectivity index (χ4n) is 2.34. The fourth-order valence-corrected chi connectivity index (χ4v) is 3.48. The van der Waals surface area contributed by atoms with Gasteiger partial charge in [0.1, 0.15) is 0 Å². The van der Waals surface area contributed by atoms with Crippen molar-refractivity contribution in [3.63, 3.8) is 0 Å². The lowest BCUT2D eigenvalue weighted by molar-refractivity contribution is 0.0982. The number of hydrogen-bond acceptors (Lipinski definition) is 2. The first kappa shape index (κ1) is 16.8. The summed E-state index contributed by atoms with van der Waals surface area (Å²) >= 11 is 1.89. The molecule has 0 fully saturated rings. The number of ketones is 1. The zero-order valence-electron chi connectivity index (χ0n) is 13.6. The predicted molar refractivity (Wildman–Crippen MR) is 96.8 cm³/mol. The molecule has 0 spiro atoms. The largest absolute Gasteiger partial charge is 0.294 e. The van der Waals surface area contributed by atoms with Crippen LogP contribution in [0.2, 0.25) is 0 Å². The van der Waals surface area contributed by atoms with E-state index in [1.807, 2.05) is 43.0 Å². The molecule has 0 heterocycles. The molecule has 0 aromatic heterocycles. The van der Waals surface area contributed by atoms with E-state index in [0.29, 0.717) is 6.42 Å². The Kier molecular flexibility index (Phi) is 6.26. The molecule has 116 valence electrons. The summed E-state index contributed by atoms with van der Waals surface area (Å²) in [5, 5.41) is 0.245. The van der Waals surface area contributed by atoms with Gasteiger partial charge in [0.25, 0.3) is 0 Å². The fraction of sp³-hybridized carbons (Fsp3) is 0.350. The Hall–Kier alpha value is -1.54. The van der Waals surface area contributed by atoms with E-state index in [-0.39, 0.29) is 11.0 Å². The minimum atomic E-state index is 0.231. The third-order valence-electron chi connectivity index (χ3n) is 3.72. The summed E-state index contributed by atoms with van der Waals surface area (Å²) in [6.07, 6.45) is 1.70. The van der Waals surface area contributed by atoms with Gasteiger partial charge < -0.3 is 0 Å². The molecule has 22 heavy (non-hydrogen) atoms. The van der Waals surface area contributed by atoms with E-state index in [4.69, 9.17) is 0 Å². The molecule has 2 heteroatoms. The number of aryl methyl sites for hydroxylation is 2. The van der Waals surface area contributed by atoms with Crippen molar-refractivity contribution in [2.45, 2.75) is 38.9 Å². The van der Waals surface area contributed by atoms with Crippen LogP contribution in [0.15, 0.2) is 48.5 Å². The molecule has 2 aromatic carbocycles. The monoisotopic (exact) mass is 312 g/mol. The maximum atomic E-state index is 12.6. The van der Waals surface area contributed by atoms with E-state index in [9.17, 15) is 4.79 Å². The smallest absolute Gasteiger partial charge is 0.164 e. The summed E-state index contributed by atoms with van der Waals surface area (Å²) in [6, 6.07) is 16.5. The molecule has 0 saturated heterocycles. The zero-order valence-corrected chi connectivity index (χ0v) is 14.5. The number of thioether (sulfide) groups is 1. The highest BCUT2D eigenvalue weighted by molar-refractivity contribution is 7.99. The first-order valence-electron chi connectivity index (χ1n) is 7.88. The van der Waals surface area contributed by atoms with Crippen molar-refractivity contribution in [1.82, 2.24) is 0 Å². The average Bonchev–Trinajstić information content (AvgIpc) is 2.52. The molecule has 0 bridgehead atoms. The van der Waals surface area contributed by atoms with Crippen molar-refractivity contribution < 1.29 is 4.79 Å². The molecule has 0 radical (unpaired) electrons. The van der Waals surface area contributed by atoms with Crippen LogP contribution < -0.4 is 0 Å². The van der Waals surface area contributed by atoms with E-state index in [0.717, 1.165) is 17.7 Å². The Balaban J connectivity index is 2.13. The Labute approximate surface area is 138 Å². The van der Waals surface area contributed by atoms with Gasteiger partial charge in [0.2, 0.25) is 0 Å². The van der Waals surface area contributed by atoms with Crippen molar-refractivity contribution in [1.29, 1.82) is 0 Å². The Morgan fingerprint density at radius 3 is 2.05 bits per heavy atom. The molecule has 0 N–H and O–H groups in total. The standard InChI is InChI=1S/C20H24OS/c1-4-13-22-20(18-11-7-16(3)8-12-18)14-19(21)17-9-5-15(2)6-10-17/h5-12,20H,4,13-14H2,1-3H3. The SMILES string of the molecule is CCCSC(CC(=O)c1ccc(C)cc1)c1ccc(C)cc1. The van der Waals surface area contributed by atoms with E-state index in [1.165, 1.54) is 16.7 Å². The molecule has 0 aliphatic heterocycles. The Morgan fingerprint density at radius 2 is 1.50 bits per heavy atom. The van der Waals surface area contributed by atoms with Gasteiger partial charge in [0.15, 0.2) is 5.78 Å². The number of benzene rings is 2. The molecular formula is C20H24OS. The Morgan fingerprint density at radius 1 is 0.955 bits per heavy atom. The molecule has 1 nitrogen and oxygen atoms in total. The molecule has 1 unspecified atom stereocenters. The average molecular weight is 312 g/mol. The highest BCUT2D eigenvalue weighted by Crippen LogP contribution is 2.33. The normalized spacial score (nSPS) is 12.1. The van der Waals surface area contributed by atoms with Crippen molar-refractivity contribution in [3.05, 3.63) is 70.8 Å². The van der Waals surface area contributed by atoms with E-state index in [1.54, 1.807) is 0 Å². The minimum absolute atomic E-state index is 0.231. The molecule has 2 aromatic rings. The van der Waals surface area contributed by atoms with Crippen LogP contribution in [0.3, 0.4) is 0 Å². The van der Waals surface area contributed by atoms with Crippen LogP contribution in [0.4, 0.5) is 0 Å². The molecule has 0 aliphatic rings. The van der Waals surface area contributed by atoms with Crippen LogP contribution in [0.5, 0.6) is 0 Å². The van der Waals surface area contributed by atoms with E-state index in [2.05, 4.69) is 38.1 Å². The summed E-state index contributed by atoms with van der Waals surface area (Å²) in [5.41, 5.74) is 4.52. The lowest BCUT2D eigenvalue weighted by atomic mass is 10.0. The summed E-state index contributed by atoms with van der Waals surface area (Å²) in [5.74, 6) is 1.31. The van der Waals surface area contributed by atoms with Crippen molar-refractivity contribution >= 4 is 17.5 Å². The van der Waals surface area contributed by atoms with Crippen molar-refractivity contribution in [2.24, 2.45) is 0 Å². The number of hydrogen-bond donors (Lipinski definition) is 0. The second-order valence-electron chi connectivity index (χ2n) is 5.76. The van der Waals surface area contributed by atoms with Gasteiger partial charge in [-0.3, -0.25) is 4.79 Å². The first-order chi connectivity index (χ1) is 10.6. The van der Waals surface area contributed by atoms with Gasteiger partial charge in [-0.2, -0.15) is 11.8 Å². The zero-order chi connectivity index (χ0) is 15.9. The minimum Gasteiger partial charge on any atom is -0.294 e. The predicted octanol–water partition coefficient (Wildman–Crippen LogP) is 5.76.